The van der Waals surface area contributed by atoms with Crippen LogP contribution in [-0.4, -0.2) is 40.6 Å². The monoisotopic (exact) mass is 474 g/mol. The molecule has 0 fully saturated rings. The summed E-state index contributed by atoms with van der Waals surface area (Å²) in [6.07, 6.45) is 3.33. The lowest BCUT2D eigenvalue weighted by Crippen LogP contribution is -2.51. The summed E-state index contributed by atoms with van der Waals surface area (Å²) in [7, 11) is -2.38. The van der Waals surface area contributed by atoms with Gasteiger partial charge in [-0.1, -0.05) is 39.2 Å². The van der Waals surface area contributed by atoms with E-state index in [1.165, 1.54) is 23.5 Å². The van der Waals surface area contributed by atoms with Gasteiger partial charge in [-0.3, -0.25) is 9.10 Å². The van der Waals surface area contributed by atoms with Crippen molar-refractivity contribution in [3.63, 3.8) is 0 Å². The van der Waals surface area contributed by atoms with Crippen molar-refractivity contribution < 1.29 is 22.7 Å². The Morgan fingerprint density at radius 3 is 2.58 bits per heavy atom. The third-order valence-corrected chi connectivity index (χ3v) is 7.83. The van der Waals surface area contributed by atoms with Gasteiger partial charge < -0.3 is 14.8 Å². The molecule has 3 rings (SSSR count). The van der Waals surface area contributed by atoms with Crippen LogP contribution in [0.25, 0.3) is 0 Å². The predicted molar refractivity (Wildman–Crippen MR) is 129 cm³/mol. The van der Waals surface area contributed by atoms with E-state index in [4.69, 9.17) is 9.47 Å². The lowest BCUT2D eigenvalue weighted by atomic mass is 9.99. The van der Waals surface area contributed by atoms with E-state index in [1.54, 1.807) is 24.3 Å². The van der Waals surface area contributed by atoms with Gasteiger partial charge in [0.2, 0.25) is 0 Å². The van der Waals surface area contributed by atoms with Crippen molar-refractivity contribution in [1.82, 2.24) is 5.32 Å². The van der Waals surface area contributed by atoms with Crippen LogP contribution in [0.1, 0.15) is 45.1 Å². The third-order valence-electron chi connectivity index (χ3n) is 6.03. The van der Waals surface area contributed by atoms with Crippen LogP contribution in [0.2, 0.25) is 0 Å². The van der Waals surface area contributed by atoms with E-state index in [0.717, 1.165) is 31.2 Å². The second-order valence-electron chi connectivity index (χ2n) is 8.45. The van der Waals surface area contributed by atoms with E-state index in [2.05, 4.69) is 19.2 Å². The van der Waals surface area contributed by atoms with Gasteiger partial charge in [-0.15, -0.1) is 0 Å². The maximum Gasteiger partial charge on any atom is 0.264 e. The number of anilines is 1. The van der Waals surface area contributed by atoms with Crippen molar-refractivity contribution in [1.29, 1.82) is 0 Å². The number of amides is 1. The Hall–Kier alpha value is -2.74. The number of nitrogens with one attached hydrogen (secondary N) is 1. The van der Waals surface area contributed by atoms with Crippen molar-refractivity contribution in [2.45, 2.75) is 57.5 Å². The zero-order valence-electron chi connectivity index (χ0n) is 19.8. The van der Waals surface area contributed by atoms with Gasteiger partial charge in [-0.2, -0.15) is 0 Å². The van der Waals surface area contributed by atoms with Gasteiger partial charge in [0, 0.05) is 6.54 Å². The van der Waals surface area contributed by atoms with Crippen LogP contribution in [-0.2, 0) is 14.8 Å². The van der Waals surface area contributed by atoms with Crippen molar-refractivity contribution >= 4 is 21.6 Å². The van der Waals surface area contributed by atoms with Gasteiger partial charge in [-0.25, -0.2) is 8.42 Å². The number of carbonyl (C=O) groups is 1. The molecule has 0 aromatic heterocycles. The second-order valence-corrected chi connectivity index (χ2v) is 10.3. The first kappa shape index (κ1) is 24.9. The first-order valence-electron chi connectivity index (χ1n) is 11.5. The first-order valence-corrected chi connectivity index (χ1v) is 13.0. The Balaban J connectivity index is 1.85. The molecule has 0 aliphatic carbocycles. The number of aryl methyl sites for hydroxylation is 1. The molecule has 1 amide bonds. The molecule has 0 saturated heterocycles. The molecule has 0 spiro atoms. The fraction of sp³-hybridized carbons (Fsp3) is 0.480. The molecule has 2 aromatic rings. The molecular weight excluding hydrogens is 440 g/mol. The standard InChI is InChI=1S/C25H34N2O5S/c1-5-7-8-19(6-2)16-26-25(28)24-17-27(22-14-9-18(3)15-23(22)32-24)33(29,30)21-12-10-20(31-4)11-13-21/h9-15,19,24H,5-8,16-17H2,1-4H3,(H,26,28)/t19-,24-/m1/s1. The molecular formula is C25H34N2O5S. The number of unbranched alkanes of at least 4 members (excludes halogenated alkanes) is 1. The fourth-order valence-corrected chi connectivity index (χ4v) is 5.38. The minimum Gasteiger partial charge on any atom is -0.497 e. The van der Waals surface area contributed by atoms with E-state index >= 15 is 0 Å². The molecule has 180 valence electrons. The minimum atomic E-state index is -3.91. The Bertz CT molecular complexity index is 1050. The number of hydrogen-bond donors (Lipinski definition) is 1. The summed E-state index contributed by atoms with van der Waals surface area (Å²) < 4.78 is 39.5. The number of rotatable bonds is 10. The number of ether oxygens (including phenoxy) is 2. The maximum atomic E-state index is 13.5. The number of nitrogens with zero attached hydrogens (tertiary/aromatic N) is 1. The van der Waals surface area contributed by atoms with Crippen molar-refractivity contribution in [3.8, 4) is 11.5 Å². The smallest absolute Gasteiger partial charge is 0.264 e. The van der Waals surface area contributed by atoms with E-state index in [9.17, 15) is 13.2 Å². The maximum absolute atomic E-state index is 13.5. The molecule has 0 unspecified atom stereocenters. The normalized spacial score (nSPS) is 16.5. The number of carbonyl (C=O) groups excluding carboxylic acids is 1. The van der Waals surface area contributed by atoms with Crippen molar-refractivity contribution in [3.05, 3.63) is 48.0 Å². The molecule has 2 atom stereocenters. The Morgan fingerprint density at radius 1 is 1.21 bits per heavy atom. The van der Waals surface area contributed by atoms with Gasteiger partial charge in [0.15, 0.2) is 6.10 Å². The average Bonchev–Trinajstić information content (AvgIpc) is 2.83. The zero-order chi connectivity index (χ0) is 24.0. The fourth-order valence-electron chi connectivity index (χ4n) is 3.90. The Labute approximate surface area is 197 Å². The highest BCUT2D eigenvalue weighted by Crippen LogP contribution is 2.38. The van der Waals surface area contributed by atoms with Crippen LogP contribution in [0, 0.1) is 12.8 Å². The lowest BCUT2D eigenvalue weighted by Gasteiger charge is -2.35. The van der Waals surface area contributed by atoms with E-state index < -0.39 is 16.1 Å². The highest BCUT2D eigenvalue weighted by atomic mass is 32.2. The van der Waals surface area contributed by atoms with Gasteiger partial charge in [0.1, 0.15) is 11.5 Å². The van der Waals surface area contributed by atoms with Crippen molar-refractivity contribution in [2.75, 3.05) is 24.5 Å². The molecule has 8 heteroatoms. The number of benzene rings is 2. The molecule has 0 saturated carbocycles. The van der Waals surface area contributed by atoms with Crippen LogP contribution in [0.4, 0.5) is 5.69 Å². The largest absolute Gasteiger partial charge is 0.497 e. The topological polar surface area (TPSA) is 84.9 Å². The molecule has 1 N–H and O–H groups in total. The van der Waals surface area contributed by atoms with Crippen LogP contribution < -0.4 is 19.1 Å². The summed E-state index contributed by atoms with van der Waals surface area (Å²) >= 11 is 0. The molecule has 0 radical (unpaired) electrons. The first-order chi connectivity index (χ1) is 15.8. The van der Waals surface area contributed by atoms with Gasteiger partial charge >= 0.3 is 0 Å². The highest BCUT2D eigenvalue weighted by molar-refractivity contribution is 7.92. The predicted octanol–water partition coefficient (Wildman–Crippen LogP) is 4.29. The molecule has 1 aliphatic heterocycles. The second kappa shape index (κ2) is 10.9. The third kappa shape index (κ3) is 5.79. The van der Waals surface area contributed by atoms with Crippen LogP contribution in [0.15, 0.2) is 47.4 Å². The quantitative estimate of drug-likeness (QED) is 0.555. The van der Waals surface area contributed by atoms with E-state index in [1.807, 2.05) is 13.0 Å². The summed E-state index contributed by atoms with van der Waals surface area (Å²) in [5.41, 5.74) is 1.34. The van der Waals surface area contributed by atoms with E-state index in [0.29, 0.717) is 29.6 Å². The average molecular weight is 475 g/mol. The summed E-state index contributed by atoms with van der Waals surface area (Å²) in [4.78, 5) is 13.1. The number of methoxy groups -OCH3 is 1. The number of fused-ring (bicyclic) bond motifs is 1. The summed E-state index contributed by atoms with van der Waals surface area (Å²) in [6.45, 7) is 6.63. The molecule has 1 heterocycles. The van der Waals surface area contributed by atoms with Crippen LogP contribution >= 0.6 is 0 Å². The molecule has 7 nitrogen and oxygen atoms in total. The summed E-state index contributed by atoms with van der Waals surface area (Å²) in [6, 6.07) is 11.5. The van der Waals surface area contributed by atoms with Gasteiger partial charge in [-0.05, 0) is 61.2 Å². The minimum absolute atomic E-state index is 0.0952. The molecule has 0 bridgehead atoms. The highest BCUT2D eigenvalue weighted by Gasteiger charge is 2.37. The van der Waals surface area contributed by atoms with Gasteiger partial charge in [0.05, 0.1) is 24.2 Å². The number of sulfonamides is 1. The zero-order valence-corrected chi connectivity index (χ0v) is 20.7. The summed E-state index contributed by atoms with van der Waals surface area (Å²) in [5.74, 6) is 1.05. The molecule has 33 heavy (non-hydrogen) atoms. The van der Waals surface area contributed by atoms with Crippen LogP contribution in [0.3, 0.4) is 0 Å². The van der Waals surface area contributed by atoms with E-state index in [-0.39, 0.29) is 17.3 Å². The molecule has 2 aromatic carbocycles. The SMILES string of the molecule is CCCC[C@@H](CC)CNC(=O)[C@H]1CN(S(=O)(=O)c2ccc(OC)cc2)c2ccc(C)cc2O1. The van der Waals surface area contributed by atoms with Crippen molar-refractivity contribution in [2.24, 2.45) is 5.92 Å². The van der Waals surface area contributed by atoms with Crippen LogP contribution in [0.5, 0.6) is 11.5 Å². The Kier molecular flexibility index (Phi) is 8.24. The lowest BCUT2D eigenvalue weighted by molar-refractivity contribution is -0.127. The van der Waals surface area contributed by atoms with Gasteiger partial charge in [0.25, 0.3) is 15.9 Å². The Morgan fingerprint density at radius 2 is 1.94 bits per heavy atom. The number of hydrogen-bond acceptors (Lipinski definition) is 5. The molecule has 1 aliphatic rings. The summed E-state index contributed by atoms with van der Waals surface area (Å²) in [5, 5.41) is 2.98.